The first-order valence-corrected chi connectivity index (χ1v) is 4.42. The van der Waals surface area contributed by atoms with Crippen molar-refractivity contribution in [2.75, 3.05) is 0 Å². The highest BCUT2D eigenvalue weighted by molar-refractivity contribution is 5.37. The lowest BCUT2D eigenvalue weighted by Crippen LogP contribution is -1.87. The van der Waals surface area contributed by atoms with Crippen LogP contribution < -0.4 is 5.73 Å². The zero-order valence-electron chi connectivity index (χ0n) is 8.91. The molecule has 0 aliphatic carbocycles. The Bertz CT molecular complexity index is 328. The summed E-state index contributed by atoms with van der Waals surface area (Å²) in [6, 6.07) is 1.96. The minimum absolute atomic E-state index is 0.763. The first-order valence-electron chi connectivity index (χ1n) is 4.42. The number of nitrogens with zero attached hydrogens (tertiary/aromatic N) is 1. The van der Waals surface area contributed by atoms with Gasteiger partial charge in [0.05, 0.1) is 6.07 Å². The van der Waals surface area contributed by atoms with Crippen molar-refractivity contribution in [2.24, 2.45) is 5.73 Å². The molecular weight excluding hydrogens is 172 g/mol. The van der Waals surface area contributed by atoms with Gasteiger partial charge >= 0.3 is 0 Å². The van der Waals surface area contributed by atoms with E-state index in [9.17, 15) is 0 Å². The molecule has 0 heterocycles. The van der Waals surface area contributed by atoms with Crippen molar-refractivity contribution < 1.29 is 0 Å². The van der Waals surface area contributed by atoms with Crippen LogP contribution in [-0.2, 0) is 0 Å². The van der Waals surface area contributed by atoms with Gasteiger partial charge in [-0.25, -0.2) is 0 Å². The Hall–Kier alpha value is -1.75. The van der Waals surface area contributed by atoms with Crippen LogP contribution in [0.4, 0.5) is 0 Å². The Morgan fingerprint density at radius 3 is 2.29 bits per heavy atom. The predicted octanol–water partition coefficient (Wildman–Crippen LogP) is 2.82. The third-order valence-electron chi connectivity index (χ3n) is 1.55. The van der Waals surface area contributed by atoms with Crippen LogP contribution >= 0.6 is 0 Å². The maximum atomic E-state index is 8.40. The fraction of sp³-hybridized carbons (Fsp3) is 0.250. The number of nitrogens with two attached hydrogens (primary N) is 1. The van der Waals surface area contributed by atoms with Gasteiger partial charge in [-0.15, -0.1) is 0 Å². The highest BCUT2D eigenvalue weighted by Gasteiger charge is 1.87. The summed E-state index contributed by atoms with van der Waals surface area (Å²) in [5.74, 6) is 0. The van der Waals surface area contributed by atoms with Crippen LogP contribution in [0.5, 0.6) is 0 Å². The van der Waals surface area contributed by atoms with Gasteiger partial charge in [0.1, 0.15) is 0 Å². The lowest BCUT2D eigenvalue weighted by Gasteiger charge is -1.95. The zero-order chi connectivity index (χ0) is 11.0. The predicted molar refractivity (Wildman–Crippen MR) is 60.2 cm³/mol. The van der Waals surface area contributed by atoms with Crippen molar-refractivity contribution in [1.29, 1.82) is 5.26 Å². The van der Waals surface area contributed by atoms with E-state index in [0.29, 0.717) is 0 Å². The minimum Gasteiger partial charge on any atom is -0.402 e. The summed E-state index contributed by atoms with van der Waals surface area (Å²) in [5.41, 5.74) is 8.44. The highest BCUT2D eigenvalue weighted by atomic mass is 14.5. The van der Waals surface area contributed by atoms with Gasteiger partial charge in [-0.3, -0.25) is 0 Å². The molecule has 2 nitrogen and oxygen atoms in total. The van der Waals surface area contributed by atoms with Crippen LogP contribution in [0.25, 0.3) is 0 Å². The quantitative estimate of drug-likeness (QED) is 0.547. The van der Waals surface area contributed by atoms with Crippen LogP contribution in [-0.4, -0.2) is 0 Å². The van der Waals surface area contributed by atoms with Crippen LogP contribution in [0.3, 0.4) is 0 Å². The van der Waals surface area contributed by atoms with E-state index in [0.717, 1.165) is 16.8 Å². The molecule has 0 aromatic carbocycles. The topological polar surface area (TPSA) is 49.8 Å². The van der Waals surface area contributed by atoms with Crippen molar-refractivity contribution in [3.05, 3.63) is 47.2 Å². The number of allylic oxidation sites excluding steroid dienone is 8. The molecule has 2 N–H and O–H groups in total. The third kappa shape index (κ3) is 5.84. The van der Waals surface area contributed by atoms with E-state index in [1.807, 2.05) is 45.1 Å². The van der Waals surface area contributed by atoms with E-state index in [2.05, 4.69) is 0 Å². The Morgan fingerprint density at radius 1 is 1.21 bits per heavy atom. The smallest absolute Gasteiger partial charge is 0.0912 e. The van der Waals surface area contributed by atoms with Crippen molar-refractivity contribution in [3.8, 4) is 6.07 Å². The maximum Gasteiger partial charge on any atom is 0.0912 e. The van der Waals surface area contributed by atoms with E-state index in [-0.39, 0.29) is 0 Å². The molecule has 0 saturated heterocycles. The number of hydrogen-bond acceptors (Lipinski definition) is 2. The van der Waals surface area contributed by atoms with Gasteiger partial charge in [-0.1, -0.05) is 17.7 Å². The Kier molecular flexibility index (Phi) is 5.89. The van der Waals surface area contributed by atoms with Gasteiger partial charge in [0.2, 0.25) is 0 Å². The van der Waals surface area contributed by atoms with Crippen molar-refractivity contribution >= 4 is 0 Å². The minimum atomic E-state index is 0.763. The van der Waals surface area contributed by atoms with Crippen LogP contribution in [0.1, 0.15) is 20.8 Å². The molecule has 0 bridgehead atoms. The van der Waals surface area contributed by atoms with Gasteiger partial charge in [-0.2, -0.15) is 5.26 Å². The van der Waals surface area contributed by atoms with E-state index in [4.69, 9.17) is 11.0 Å². The fourth-order valence-electron chi connectivity index (χ4n) is 0.819. The molecule has 0 unspecified atom stereocenters. The molecule has 0 fully saturated rings. The molecular formula is C12H16N2. The molecule has 0 aromatic rings. The molecule has 0 atom stereocenters. The lowest BCUT2D eigenvalue weighted by molar-refractivity contribution is 1.31. The Labute approximate surface area is 85.7 Å². The molecule has 2 heteroatoms. The molecule has 0 spiro atoms. The van der Waals surface area contributed by atoms with Crippen LogP contribution in [0, 0.1) is 11.3 Å². The second kappa shape index (κ2) is 6.73. The van der Waals surface area contributed by atoms with E-state index < -0.39 is 0 Å². The summed E-state index contributed by atoms with van der Waals surface area (Å²) in [5, 5.41) is 8.40. The van der Waals surface area contributed by atoms with Crippen LogP contribution in [0.2, 0.25) is 0 Å². The Balaban J connectivity index is 4.67. The molecule has 74 valence electrons. The maximum absolute atomic E-state index is 8.40. The first-order chi connectivity index (χ1) is 6.57. The summed E-state index contributed by atoms with van der Waals surface area (Å²) in [7, 11) is 0. The van der Waals surface area contributed by atoms with Crippen molar-refractivity contribution in [1.82, 2.24) is 0 Å². The van der Waals surface area contributed by atoms with Gasteiger partial charge in [0, 0.05) is 11.8 Å². The largest absolute Gasteiger partial charge is 0.402 e. The van der Waals surface area contributed by atoms with Crippen LogP contribution in [0.15, 0.2) is 47.2 Å². The zero-order valence-corrected chi connectivity index (χ0v) is 8.91. The number of nitriles is 1. The van der Waals surface area contributed by atoms with Gasteiger partial charge < -0.3 is 5.73 Å². The molecule has 0 amide bonds. The average Bonchev–Trinajstić information content (AvgIpc) is 2.09. The molecule has 0 radical (unpaired) electrons. The normalized spacial score (nSPS) is 12.0. The number of hydrogen-bond donors (Lipinski definition) is 1. The molecule has 0 aromatic heterocycles. The lowest BCUT2D eigenvalue weighted by atomic mass is 10.1. The van der Waals surface area contributed by atoms with Gasteiger partial charge in [0.15, 0.2) is 0 Å². The van der Waals surface area contributed by atoms with Gasteiger partial charge in [-0.05, 0) is 38.5 Å². The third-order valence-corrected chi connectivity index (χ3v) is 1.55. The van der Waals surface area contributed by atoms with Crippen molar-refractivity contribution in [3.63, 3.8) is 0 Å². The average molecular weight is 188 g/mol. The molecule has 14 heavy (non-hydrogen) atoms. The summed E-state index contributed by atoms with van der Waals surface area (Å²) in [6.45, 7) is 5.83. The highest BCUT2D eigenvalue weighted by Crippen LogP contribution is 2.06. The van der Waals surface area contributed by atoms with E-state index in [1.165, 1.54) is 6.08 Å². The fourth-order valence-corrected chi connectivity index (χ4v) is 0.819. The SMILES string of the molecule is CC(C)=C(/C=C/C#N)/C=C/C=C(\C)N. The standard InChI is InChI=1S/C12H16N2/c1-10(2)12(8-5-9-13)7-4-6-11(3)14/h4-8H,14H2,1-3H3/b7-4+,8-5+,11-6+. The summed E-state index contributed by atoms with van der Waals surface area (Å²) < 4.78 is 0. The monoisotopic (exact) mass is 188 g/mol. The summed E-state index contributed by atoms with van der Waals surface area (Å²) >= 11 is 0. The first kappa shape index (κ1) is 12.2. The molecule has 0 aliphatic rings. The summed E-state index contributed by atoms with van der Waals surface area (Å²) in [6.07, 6.45) is 8.87. The number of rotatable bonds is 3. The second-order valence-corrected chi connectivity index (χ2v) is 3.19. The van der Waals surface area contributed by atoms with Gasteiger partial charge in [0.25, 0.3) is 0 Å². The Morgan fingerprint density at radius 2 is 1.86 bits per heavy atom. The molecule has 0 rings (SSSR count). The molecule has 0 saturated carbocycles. The van der Waals surface area contributed by atoms with E-state index >= 15 is 0 Å². The van der Waals surface area contributed by atoms with E-state index in [1.54, 1.807) is 6.08 Å². The van der Waals surface area contributed by atoms with Crippen molar-refractivity contribution in [2.45, 2.75) is 20.8 Å². The molecule has 0 aliphatic heterocycles. The second-order valence-electron chi connectivity index (χ2n) is 3.19. The summed E-state index contributed by atoms with van der Waals surface area (Å²) in [4.78, 5) is 0.